The van der Waals surface area contributed by atoms with Crippen molar-refractivity contribution >= 4 is 21.5 Å². The molecule has 0 heterocycles. The number of phenolic OH excluding ortho intramolecular Hbond substituents is 1. The predicted molar refractivity (Wildman–Crippen MR) is 67.9 cm³/mol. The second-order valence-electron chi connectivity index (χ2n) is 4.10. The molecule has 16 heavy (non-hydrogen) atoms. The molecular weight excluding hydrogens is 196 g/mol. The van der Waals surface area contributed by atoms with Crippen LogP contribution in [0, 0.1) is 6.92 Å². The van der Waals surface area contributed by atoms with Gasteiger partial charge in [0, 0.05) is 5.39 Å². The molecule has 0 unspecified atom stereocenters. The number of fused-ring (bicyclic) bond motifs is 2. The summed E-state index contributed by atoms with van der Waals surface area (Å²) < 4.78 is 0. The summed E-state index contributed by atoms with van der Waals surface area (Å²) >= 11 is 0. The molecule has 3 aromatic rings. The summed E-state index contributed by atoms with van der Waals surface area (Å²) in [5, 5.41) is 14.4. The van der Waals surface area contributed by atoms with Gasteiger partial charge >= 0.3 is 0 Å². The van der Waals surface area contributed by atoms with E-state index in [1.54, 1.807) is 6.07 Å². The second-order valence-corrected chi connectivity index (χ2v) is 4.10. The first kappa shape index (κ1) is 9.22. The zero-order valence-corrected chi connectivity index (χ0v) is 9.07. The standard InChI is InChI=1S/C15H12O/c1-10-13-7-3-2-5-11(13)9-12-6-4-8-14(16)15(10)12/h2-9,16H,1H3. The van der Waals surface area contributed by atoms with Crippen molar-refractivity contribution in [2.75, 3.05) is 0 Å². The van der Waals surface area contributed by atoms with Crippen LogP contribution in [0.25, 0.3) is 21.5 Å². The van der Waals surface area contributed by atoms with Gasteiger partial charge in [-0.05, 0) is 40.8 Å². The van der Waals surface area contributed by atoms with Gasteiger partial charge in [-0.2, -0.15) is 0 Å². The van der Waals surface area contributed by atoms with E-state index < -0.39 is 0 Å². The first-order chi connectivity index (χ1) is 7.77. The molecule has 0 bridgehead atoms. The number of benzene rings is 3. The van der Waals surface area contributed by atoms with Gasteiger partial charge in [-0.1, -0.05) is 36.4 Å². The Kier molecular flexibility index (Phi) is 1.87. The van der Waals surface area contributed by atoms with Gasteiger partial charge < -0.3 is 5.11 Å². The zero-order chi connectivity index (χ0) is 11.1. The Morgan fingerprint density at radius 1 is 0.875 bits per heavy atom. The topological polar surface area (TPSA) is 20.2 Å². The van der Waals surface area contributed by atoms with Crippen LogP contribution in [-0.2, 0) is 0 Å². The summed E-state index contributed by atoms with van der Waals surface area (Å²) in [4.78, 5) is 0. The van der Waals surface area contributed by atoms with Crippen LogP contribution in [-0.4, -0.2) is 5.11 Å². The smallest absolute Gasteiger partial charge is 0.123 e. The van der Waals surface area contributed by atoms with Crippen LogP contribution in [0.5, 0.6) is 5.75 Å². The highest BCUT2D eigenvalue weighted by Gasteiger charge is 2.06. The number of phenols is 1. The Morgan fingerprint density at radius 2 is 1.62 bits per heavy atom. The van der Waals surface area contributed by atoms with Gasteiger partial charge in [0.1, 0.15) is 5.75 Å². The minimum absolute atomic E-state index is 0.362. The lowest BCUT2D eigenvalue weighted by atomic mass is 9.97. The normalized spacial score (nSPS) is 11.1. The lowest BCUT2D eigenvalue weighted by Gasteiger charge is -2.08. The molecule has 0 aromatic heterocycles. The fourth-order valence-corrected chi connectivity index (χ4v) is 2.35. The zero-order valence-electron chi connectivity index (χ0n) is 9.07. The molecule has 0 amide bonds. The Bertz CT molecular complexity index is 683. The van der Waals surface area contributed by atoms with E-state index in [0.717, 1.165) is 16.3 Å². The average Bonchev–Trinajstić information content (AvgIpc) is 2.29. The first-order valence-corrected chi connectivity index (χ1v) is 5.37. The maximum Gasteiger partial charge on any atom is 0.123 e. The summed E-state index contributed by atoms with van der Waals surface area (Å²) in [6.45, 7) is 2.06. The Hall–Kier alpha value is -2.02. The number of hydrogen-bond acceptors (Lipinski definition) is 1. The molecule has 78 valence electrons. The number of hydrogen-bond donors (Lipinski definition) is 1. The van der Waals surface area contributed by atoms with E-state index in [0.29, 0.717) is 5.75 Å². The molecule has 0 saturated carbocycles. The quantitative estimate of drug-likeness (QED) is 0.553. The molecule has 0 aliphatic carbocycles. The Labute approximate surface area is 94.0 Å². The van der Waals surface area contributed by atoms with Crippen molar-refractivity contribution in [1.82, 2.24) is 0 Å². The molecule has 3 aromatic carbocycles. The van der Waals surface area contributed by atoms with E-state index >= 15 is 0 Å². The van der Waals surface area contributed by atoms with Crippen molar-refractivity contribution in [3.8, 4) is 5.75 Å². The van der Waals surface area contributed by atoms with Gasteiger partial charge in [0.15, 0.2) is 0 Å². The summed E-state index contributed by atoms with van der Waals surface area (Å²) in [6, 6.07) is 16.0. The highest BCUT2D eigenvalue weighted by atomic mass is 16.3. The highest BCUT2D eigenvalue weighted by Crippen LogP contribution is 2.33. The monoisotopic (exact) mass is 208 g/mol. The van der Waals surface area contributed by atoms with Gasteiger partial charge in [0.25, 0.3) is 0 Å². The third-order valence-electron chi connectivity index (χ3n) is 3.13. The van der Waals surface area contributed by atoms with E-state index in [4.69, 9.17) is 0 Å². The van der Waals surface area contributed by atoms with Crippen LogP contribution < -0.4 is 0 Å². The fourth-order valence-electron chi connectivity index (χ4n) is 2.35. The van der Waals surface area contributed by atoms with Crippen LogP contribution in [0.15, 0.2) is 48.5 Å². The highest BCUT2D eigenvalue weighted by molar-refractivity contribution is 6.04. The van der Waals surface area contributed by atoms with Crippen LogP contribution in [0.2, 0.25) is 0 Å². The fraction of sp³-hybridized carbons (Fsp3) is 0.0667. The number of aryl methyl sites for hydroxylation is 1. The summed E-state index contributed by atoms with van der Waals surface area (Å²) in [5.41, 5.74) is 1.14. The molecule has 0 aliphatic heterocycles. The van der Waals surface area contributed by atoms with Crippen molar-refractivity contribution < 1.29 is 5.11 Å². The number of aromatic hydroxyl groups is 1. The molecule has 1 N–H and O–H groups in total. The Balaban J connectivity index is 2.62. The summed E-state index contributed by atoms with van der Waals surface area (Å²) in [7, 11) is 0. The average molecular weight is 208 g/mol. The van der Waals surface area contributed by atoms with Gasteiger partial charge in [-0.3, -0.25) is 0 Å². The van der Waals surface area contributed by atoms with Gasteiger partial charge in [0.05, 0.1) is 0 Å². The molecule has 1 nitrogen and oxygen atoms in total. The molecular formula is C15H12O. The first-order valence-electron chi connectivity index (χ1n) is 5.37. The van der Waals surface area contributed by atoms with Crippen LogP contribution in [0.1, 0.15) is 5.56 Å². The largest absolute Gasteiger partial charge is 0.507 e. The van der Waals surface area contributed by atoms with Crippen LogP contribution in [0.3, 0.4) is 0 Å². The van der Waals surface area contributed by atoms with Crippen molar-refractivity contribution in [1.29, 1.82) is 0 Å². The third-order valence-corrected chi connectivity index (χ3v) is 3.13. The van der Waals surface area contributed by atoms with Crippen molar-refractivity contribution in [3.05, 3.63) is 54.1 Å². The van der Waals surface area contributed by atoms with E-state index in [1.807, 2.05) is 24.3 Å². The SMILES string of the molecule is Cc1c2ccccc2cc2cccc(O)c12. The van der Waals surface area contributed by atoms with Crippen molar-refractivity contribution in [3.63, 3.8) is 0 Å². The molecule has 0 spiro atoms. The lowest BCUT2D eigenvalue weighted by Crippen LogP contribution is -1.83. The molecule has 0 fully saturated rings. The van der Waals surface area contributed by atoms with Crippen LogP contribution in [0.4, 0.5) is 0 Å². The third kappa shape index (κ3) is 1.18. The summed E-state index contributed by atoms with van der Waals surface area (Å²) in [5.74, 6) is 0.362. The van der Waals surface area contributed by atoms with Crippen LogP contribution >= 0.6 is 0 Å². The maximum atomic E-state index is 9.91. The lowest BCUT2D eigenvalue weighted by molar-refractivity contribution is 0.481. The minimum Gasteiger partial charge on any atom is -0.507 e. The predicted octanol–water partition coefficient (Wildman–Crippen LogP) is 4.01. The van der Waals surface area contributed by atoms with E-state index in [1.165, 1.54) is 10.8 Å². The Morgan fingerprint density at radius 3 is 2.50 bits per heavy atom. The van der Waals surface area contributed by atoms with Gasteiger partial charge in [-0.25, -0.2) is 0 Å². The van der Waals surface area contributed by atoms with Crippen molar-refractivity contribution in [2.45, 2.75) is 6.92 Å². The van der Waals surface area contributed by atoms with Gasteiger partial charge in [0.2, 0.25) is 0 Å². The van der Waals surface area contributed by atoms with Crippen molar-refractivity contribution in [2.24, 2.45) is 0 Å². The van der Waals surface area contributed by atoms with E-state index in [-0.39, 0.29) is 0 Å². The van der Waals surface area contributed by atoms with Gasteiger partial charge in [-0.15, -0.1) is 0 Å². The minimum atomic E-state index is 0.362. The molecule has 1 heteroatoms. The molecule has 0 radical (unpaired) electrons. The van der Waals surface area contributed by atoms with E-state index in [2.05, 4.69) is 25.1 Å². The molecule has 3 rings (SSSR count). The number of rotatable bonds is 0. The second kappa shape index (κ2) is 3.24. The van der Waals surface area contributed by atoms with E-state index in [9.17, 15) is 5.11 Å². The maximum absolute atomic E-state index is 9.91. The summed E-state index contributed by atoms with van der Waals surface area (Å²) in [6.07, 6.45) is 0. The molecule has 0 saturated heterocycles. The molecule has 0 atom stereocenters. The molecule has 0 aliphatic rings.